The number of anilines is 2. The van der Waals surface area contributed by atoms with E-state index >= 15 is 0 Å². The smallest absolute Gasteiger partial charge is 0.247 e. The predicted molar refractivity (Wildman–Crippen MR) is 106 cm³/mol. The molecule has 1 atom stereocenters. The second-order valence-corrected chi connectivity index (χ2v) is 7.75. The number of benzene rings is 2. The largest absolute Gasteiger partial charge is 0.497 e. The quantitative estimate of drug-likeness (QED) is 0.747. The third-order valence-corrected chi connectivity index (χ3v) is 5.05. The van der Waals surface area contributed by atoms with Crippen LogP contribution in [0.15, 0.2) is 48.5 Å². The summed E-state index contributed by atoms with van der Waals surface area (Å²) in [5.74, 6) is 0.658. The summed E-state index contributed by atoms with van der Waals surface area (Å²) in [4.78, 5) is 12.7. The van der Waals surface area contributed by atoms with E-state index in [0.717, 1.165) is 10.6 Å². The molecular weight excluding hydrogens is 368 g/mol. The summed E-state index contributed by atoms with van der Waals surface area (Å²) in [6.07, 6.45) is 1.06. The van der Waals surface area contributed by atoms with Crippen LogP contribution in [0.2, 0.25) is 0 Å². The van der Waals surface area contributed by atoms with E-state index in [-0.39, 0.29) is 0 Å². The number of hydrogen-bond donors (Lipinski definition) is 1. The van der Waals surface area contributed by atoms with E-state index in [2.05, 4.69) is 5.32 Å². The monoisotopic (exact) mass is 392 g/mol. The van der Waals surface area contributed by atoms with Gasteiger partial charge >= 0.3 is 0 Å². The highest BCUT2D eigenvalue weighted by molar-refractivity contribution is 7.92. The Morgan fingerprint density at radius 2 is 1.81 bits per heavy atom. The van der Waals surface area contributed by atoms with Crippen LogP contribution in [0.4, 0.5) is 11.4 Å². The van der Waals surface area contributed by atoms with Gasteiger partial charge in [-0.1, -0.05) is 12.1 Å². The van der Waals surface area contributed by atoms with Crippen molar-refractivity contribution in [3.05, 3.63) is 48.5 Å². The summed E-state index contributed by atoms with van der Waals surface area (Å²) >= 11 is 0. The van der Waals surface area contributed by atoms with E-state index in [1.165, 1.54) is 14.0 Å². The van der Waals surface area contributed by atoms with Gasteiger partial charge in [-0.2, -0.15) is 0 Å². The maximum atomic E-state index is 12.7. The molecule has 0 aliphatic carbocycles. The summed E-state index contributed by atoms with van der Waals surface area (Å²) < 4.78 is 36.3. The second-order valence-electron chi connectivity index (χ2n) is 5.89. The van der Waals surface area contributed by atoms with Crippen molar-refractivity contribution in [3.8, 4) is 11.5 Å². The van der Waals surface area contributed by atoms with Crippen molar-refractivity contribution < 1.29 is 22.7 Å². The van der Waals surface area contributed by atoms with Crippen LogP contribution in [0, 0.1) is 0 Å². The molecule has 1 amide bonds. The number of hydrogen-bond acceptors (Lipinski definition) is 5. The second kappa shape index (κ2) is 8.77. The van der Waals surface area contributed by atoms with Crippen molar-refractivity contribution in [1.82, 2.24) is 0 Å². The molecule has 7 nitrogen and oxygen atoms in total. The van der Waals surface area contributed by atoms with E-state index < -0.39 is 22.0 Å². The molecule has 146 valence electrons. The van der Waals surface area contributed by atoms with Crippen LogP contribution in [0.5, 0.6) is 11.5 Å². The Hall–Kier alpha value is -2.74. The predicted octanol–water partition coefficient (Wildman–Crippen LogP) is 2.89. The van der Waals surface area contributed by atoms with Gasteiger partial charge in [-0.15, -0.1) is 0 Å². The molecule has 8 heteroatoms. The summed E-state index contributed by atoms with van der Waals surface area (Å²) in [6, 6.07) is 12.5. The number of ether oxygens (including phenoxy) is 2. The molecule has 0 radical (unpaired) electrons. The lowest BCUT2D eigenvalue weighted by Crippen LogP contribution is -2.45. The van der Waals surface area contributed by atoms with Gasteiger partial charge in [0.15, 0.2) is 0 Å². The molecule has 0 heterocycles. The third-order valence-electron chi connectivity index (χ3n) is 3.81. The van der Waals surface area contributed by atoms with Crippen LogP contribution in [0.1, 0.15) is 13.8 Å². The lowest BCUT2D eigenvalue weighted by molar-refractivity contribution is -0.116. The molecule has 0 saturated heterocycles. The molecule has 0 bridgehead atoms. The van der Waals surface area contributed by atoms with Gasteiger partial charge in [0.1, 0.15) is 17.5 Å². The first-order valence-electron chi connectivity index (χ1n) is 8.43. The van der Waals surface area contributed by atoms with Crippen molar-refractivity contribution in [2.75, 3.05) is 29.6 Å². The maximum Gasteiger partial charge on any atom is 0.247 e. The van der Waals surface area contributed by atoms with E-state index in [0.29, 0.717) is 29.5 Å². The Morgan fingerprint density at radius 3 is 2.44 bits per heavy atom. The average molecular weight is 392 g/mol. The van der Waals surface area contributed by atoms with Gasteiger partial charge in [-0.25, -0.2) is 8.42 Å². The average Bonchev–Trinajstić information content (AvgIpc) is 2.61. The molecule has 0 aliphatic heterocycles. The van der Waals surface area contributed by atoms with Crippen LogP contribution in [0.25, 0.3) is 0 Å². The topological polar surface area (TPSA) is 84.9 Å². The van der Waals surface area contributed by atoms with E-state index in [9.17, 15) is 13.2 Å². The molecule has 2 rings (SSSR count). The highest BCUT2D eigenvalue weighted by Crippen LogP contribution is 2.26. The van der Waals surface area contributed by atoms with Gasteiger partial charge in [-0.05, 0) is 38.1 Å². The normalized spacial score (nSPS) is 12.1. The summed E-state index contributed by atoms with van der Waals surface area (Å²) in [7, 11) is -2.21. The number of nitrogens with zero attached hydrogens (tertiary/aromatic N) is 1. The molecule has 0 spiro atoms. The van der Waals surface area contributed by atoms with Gasteiger partial charge in [0.25, 0.3) is 0 Å². The first-order chi connectivity index (χ1) is 12.8. The van der Waals surface area contributed by atoms with Crippen LogP contribution >= 0.6 is 0 Å². The molecule has 0 fully saturated rings. The Balaban J connectivity index is 2.28. The zero-order valence-electron chi connectivity index (χ0n) is 15.8. The minimum Gasteiger partial charge on any atom is -0.497 e. The fourth-order valence-corrected chi connectivity index (χ4v) is 3.80. The number of nitrogens with one attached hydrogen (secondary N) is 1. The van der Waals surface area contributed by atoms with E-state index in [4.69, 9.17) is 9.47 Å². The van der Waals surface area contributed by atoms with Crippen molar-refractivity contribution in [1.29, 1.82) is 0 Å². The molecule has 0 unspecified atom stereocenters. The highest BCUT2D eigenvalue weighted by atomic mass is 32.2. The summed E-state index contributed by atoms with van der Waals surface area (Å²) in [5.41, 5.74) is 0.875. The van der Waals surface area contributed by atoms with Crippen LogP contribution in [-0.2, 0) is 14.8 Å². The molecule has 2 aromatic rings. The molecule has 1 N–H and O–H groups in total. The number of rotatable bonds is 8. The molecule has 0 saturated carbocycles. The lowest BCUT2D eigenvalue weighted by Gasteiger charge is -2.28. The van der Waals surface area contributed by atoms with Gasteiger partial charge in [-0.3, -0.25) is 9.10 Å². The van der Waals surface area contributed by atoms with Crippen LogP contribution in [-0.4, -0.2) is 40.3 Å². The Kier molecular flexibility index (Phi) is 6.68. The SMILES string of the molecule is CCOc1cccc(NC(=O)[C@@H](C)N(c2cccc(OC)c2)S(C)(=O)=O)c1. The number of sulfonamides is 1. The van der Waals surface area contributed by atoms with Crippen molar-refractivity contribution >= 4 is 27.3 Å². The molecular formula is C19H24N2O5S. The fraction of sp³-hybridized carbons (Fsp3) is 0.316. The van der Waals surface area contributed by atoms with Crippen molar-refractivity contribution in [3.63, 3.8) is 0 Å². The number of amides is 1. The Labute approximate surface area is 160 Å². The Morgan fingerprint density at radius 1 is 1.15 bits per heavy atom. The standard InChI is InChI=1S/C19H24N2O5S/c1-5-26-18-11-6-8-15(12-18)20-19(22)14(2)21(27(4,23)24)16-9-7-10-17(13-16)25-3/h6-14H,5H2,1-4H3,(H,20,22)/t14-/m1/s1. The Bertz CT molecular complexity index is 898. The lowest BCUT2D eigenvalue weighted by atomic mass is 10.2. The zero-order valence-corrected chi connectivity index (χ0v) is 16.6. The maximum absolute atomic E-state index is 12.7. The minimum absolute atomic E-state index is 0.350. The van der Waals surface area contributed by atoms with Gasteiger partial charge in [0.05, 0.1) is 25.7 Å². The van der Waals surface area contributed by atoms with Crippen LogP contribution < -0.4 is 19.1 Å². The van der Waals surface area contributed by atoms with Crippen LogP contribution in [0.3, 0.4) is 0 Å². The highest BCUT2D eigenvalue weighted by Gasteiger charge is 2.29. The molecule has 27 heavy (non-hydrogen) atoms. The first-order valence-corrected chi connectivity index (χ1v) is 10.3. The molecule has 0 aliphatic rings. The van der Waals surface area contributed by atoms with Gasteiger partial charge < -0.3 is 14.8 Å². The molecule has 2 aromatic carbocycles. The number of methoxy groups -OCH3 is 1. The van der Waals surface area contributed by atoms with Crippen molar-refractivity contribution in [2.24, 2.45) is 0 Å². The third kappa shape index (κ3) is 5.37. The number of carbonyl (C=O) groups is 1. The summed E-state index contributed by atoms with van der Waals surface area (Å²) in [6.45, 7) is 3.90. The van der Waals surface area contributed by atoms with Crippen molar-refractivity contribution in [2.45, 2.75) is 19.9 Å². The number of carbonyl (C=O) groups excluding carboxylic acids is 1. The first kappa shape index (κ1) is 20.6. The summed E-state index contributed by atoms with van der Waals surface area (Å²) in [5, 5.41) is 2.74. The fourth-order valence-electron chi connectivity index (χ4n) is 2.63. The van der Waals surface area contributed by atoms with Gasteiger partial charge in [0.2, 0.25) is 15.9 Å². The molecule has 0 aromatic heterocycles. The zero-order chi connectivity index (χ0) is 20.0. The van der Waals surface area contributed by atoms with E-state index in [1.807, 2.05) is 6.92 Å². The minimum atomic E-state index is -3.70. The van der Waals surface area contributed by atoms with E-state index in [1.54, 1.807) is 48.5 Å². The van der Waals surface area contributed by atoms with Gasteiger partial charge in [0, 0.05) is 17.8 Å².